The molecule has 25 heavy (non-hydrogen) atoms. The lowest BCUT2D eigenvalue weighted by Gasteiger charge is -2.19. The van der Waals surface area contributed by atoms with Crippen molar-refractivity contribution in [3.05, 3.63) is 70.9 Å². The van der Waals surface area contributed by atoms with Crippen molar-refractivity contribution in [1.82, 2.24) is 10.3 Å². The fourth-order valence-electron chi connectivity index (χ4n) is 2.91. The van der Waals surface area contributed by atoms with Crippen LogP contribution in [0.2, 0.25) is 0 Å². The van der Waals surface area contributed by atoms with Crippen LogP contribution in [0.5, 0.6) is 0 Å². The van der Waals surface area contributed by atoms with E-state index in [4.69, 9.17) is 0 Å². The van der Waals surface area contributed by atoms with Crippen molar-refractivity contribution in [3.63, 3.8) is 0 Å². The normalized spacial score (nSPS) is 13.0. The van der Waals surface area contributed by atoms with Crippen molar-refractivity contribution in [1.29, 1.82) is 0 Å². The second-order valence-corrected chi connectivity index (χ2v) is 6.00. The Bertz CT molecular complexity index is 928. The number of para-hydroxylation sites is 1. The first-order chi connectivity index (χ1) is 11.8. The molecule has 0 spiro atoms. The molecule has 0 aliphatic heterocycles. The number of aromatic nitrogens is 1. The average molecular weight is 346 g/mol. The Kier molecular flexibility index (Phi) is 4.29. The Balaban J connectivity index is 1.87. The van der Waals surface area contributed by atoms with Gasteiger partial charge in [0.05, 0.1) is 11.6 Å². The van der Waals surface area contributed by atoms with E-state index in [2.05, 4.69) is 10.3 Å². The number of benzene rings is 2. The van der Waals surface area contributed by atoms with Crippen molar-refractivity contribution >= 4 is 16.8 Å². The van der Waals surface area contributed by atoms with Crippen LogP contribution in [0.4, 0.5) is 13.2 Å². The molecule has 0 aliphatic rings. The highest BCUT2D eigenvalue weighted by Gasteiger charge is 2.34. The summed E-state index contributed by atoms with van der Waals surface area (Å²) >= 11 is 0. The van der Waals surface area contributed by atoms with Crippen molar-refractivity contribution < 1.29 is 18.0 Å². The number of rotatable bonds is 3. The predicted molar refractivity (Wildman–Crippen MR) is 90.4 cm³/mol. The first-order valence-corrected chi connectivity index (χ1v) is 7.82. The summed E-state index contributed by atoms with van der Waals surface area (Å²) in [4.78, 5) is 15.5. The van der Waals surface area contributed by atoms with E-state index in [0.29, 0.717) is 5.69 Å². The van der Waals surface area contributed by atoms with Crippen molar-refractivity contribution in [2.24, 2.45) is 0 Å². The highest BCUT2D eigenvalue weighted by atomic mass is 19.4. The van der Waals surface area contributed by atoms with Crippen molar-refractivity contribution in [2.45, 2.75) is 26.1 Å². The minimum absolute atomic E-state index is 0.0376. The molecule has 0 bridgehead atoms. The largest absolute Gasteiger partial charge is 0.416 e. The first kappa shape index (κ1) is 17.1. The summed E-state index contributed by atoms with van der Waals surface area (Å²) in [5, 5.41) is 3.52. The molecule has 2 aromatic carbocycles. The number of halogens is 3. The minimum Gasteiger partial charge on any atom is -0.350 e. The quantitative estimate of drug-likeness (QED) is 0.690. The minimum atomic E-state index is -4.46. The van der Waals surface area contributed by atoms with Gasteiger partial charge in [-0.05, 0) is 37.1 Å². The third-order valence-corrected chi connectivity index (χ3v) is 4.19. The summed E-state index contributed by atoms with van der Waals surface area (Å²) in [7, 11) is 0. The zero-order valence-corrected chi connectivity index (χ0v) is 13.7. The van der Waals surface area contributed by atoms with Gasteiger partial charge in [0.1, 0.15) is 5.69 Å². The molecular weight excluding hydrogens is 329 g/mol. The maximum atomic E-state index is 13.1. The Labute approximate surface area is 142 Å². The number of aromatic amines is 1. The molecule has 0 fully saturated rings. The standard InChI is InChI=1S/C19H17F3N2O/c1-11-6-5-7-13-10-16(24-17(11)13)18(25)23-12(2)14-8-3-4-9-15(14)19(20,21)22/h3-10,12,24H,1-2H3,(H,23,25). The van der Waals surface area contributed by atoms with E-state index in [-0.39, 0.29) is 5.56 Å². The molecule has 1 atom stereocenters. The number of hydrogen-bond donors (Lipinski definition) is 2. The van der Waals surface area contributed by atoms with Crippen LogP contribution < -0.4 is 5.32 Å². The van der Waals surface area contributed by atoms with Crippen LogP contribution in [0.15, 0.2) is 48.5 Å². The molecule has 3 nitrogen and oxygen atoms in total. The molecule has 130 valence electrons. The second-order valence-electron chi connectivity index (χ2n) is 6.00. The topological polar surface area (TPSA) is 44.9 Å². The molecule has 0 saturated heterocycles. The molecule has 3 rings (SSSR count). The lowest BCUT2D eigenvalue weighted by atomic mass is 10.0. The zero-order chi connectivity index (χ0) is 18.2. The fourth-order valence-corrected chi connectivity index (χ4v) is 2.91. The number of H-pyrrole nitrogens is 1. The van der Waals surface area contributed by atoms with Gasteiger partial charge in [-0.3, -0.25) is 4.79 Å². The lowest BCUT2D eigenvalue weighted by Crippen LogP contribution is -2.28. The van der Waals surface area contributed by atoms with Crippen LogP contribution in [0.25, 0.3) is 10.9 Å². The highest BCUT2D eigenvalue weighted by molar-refractivity contribution is 5.98. The van der Waals surface area contributed by atoms with E-state index >= 15 is 0 Å². The molecule has 1 aromatic heterocycles. The Morgan fingerprint density at radius 3 is 2.52 bits per heavy atom. The molecule has 2 N–H and O–H groups in total. The van der Waals surface area contributed by atoms with Crippen molar-refractivity contribution in [2.75, 3.05) is 0 Å². The summed E-state index contributed by atoms with van der Waals surface area (Å²) in [6.45, 7) is 3.46. The van der Waals surface area contributed by atoms with Gasteiger partial charge >= 0.3 is 6.18 Å². The maximum Gasteiger partial charge on any atom is 0.416 e. The molecule has 1 unspecified atom stereocenters. The van der Waals surface area contributed by atoms with Gasteiger partial charge in [-0.1, -0.05) is 36.4 Å². The molecular formula is C19H17F3N2O. The van der Waals surface area contributed by atoms with Gasteiger partial charge in [0.15, 0.2) is 0 Å². The van der Waals surface area contributed by atoms with Gasteiger partial charge in [-0.2, -0.15) is 13.2 Å². The van der Waals surface area contributed by atoms with Gasteiger partial charge in [0.2, 0.25) is 0 Å². The van der Waals surface area contributed by atoms with E-state index in [1.54, 1.807) is 6.07 Å². The molecule has 1 amide bonds. The number of nitrogens with one attached hydrogen (secondary N) is 2. The number of carbonyl (C=O) groups excluding carboxylic acids is 1. The summed E-state index contributed by atoms with van der Waals surface area (Å²) in [6.07, 6.45) is -4.46. The molecule has 0 saturated carbocycles. The zero-order valence-electron chi connectivity index (χ0n) is 13.7. The monoisotopic (exact) mass is 346 g/mol. The van der Waals surface area contributed by atoms with Crippen molar-refractivity contribution in [3.8, 4) is 0 Å². The van der Waals surface area contributed by atoms with Gasteiger partial charge in [0.25, 0.3) is 5.91 Å². The predicted octanol–water partition coefficient (Wildman–Crippen LogP) is 4.99. The van der Waals surface area contributed by atoms with Gasteiger partial charge in [-0.15, -0.1) is 0 Å². The summed E-state index contributed by atoms with van der Waals surface area (Å²) in [5.41, 5.74) is 1.45. The third kappa shape index (κ3) is 3.38. The number of carbonyl (C=O) groups is 1. The fraction of sp³-hybridized carbons (Fsp3) is 0.211. The van der Waals surface area contributed by atoms with E-state index in [9.17, 15) is 18.0 Å². The third-order valence-electron chi connectivity index (χ3n) is 4.19. The number of amides is 1. The van der Waals surface area contributed by atoms with Gasteiger partial charge in [-0.25, -0.2) is 0 Å². The number of aryl methyl sites for hydroxylation is 1. The van der Waals surface area contributed by atoms with Gasteiger partial charge in [0, 0.05) is 10.9 Å². The second kappa shape index (κ2) is 6.27. The Morgan fingerprint density at radius 1 is 1.12 bits per heavy atom. The van der Waals surface area contributed by atoms with E-state index < -0.39 is 23.7 Å². The Hall–Kier alpha value is -2.76. The summed E-state index contributed by atoms with van der Waals surface area (Å²) in [6, 6.07) is 11.8. The first-order valence-electron chi connectivity index (χ1n) is 7.82. The molecule has 0 aliphatic carbocycles. The Morgan fingerprint density at radius 2 is 1.84 bits per heavy atom. The SMILES string of the molecule is Cc1cccc2cc(C(=O)NC(C)c3ccccc3C(F)(F)F)[nH]c12. The summed E-state index contributed by atoms with van der Waals surface area (Å²) in [5.74, 6) is -0.444. The van der Waals surface area contributed by atoms with Gasteiger partial charge < -0.3 is 10.3 Å². The van der Waals surface area contributed by atoms with Crippen LogP contribution in [0.1, 0.15) is 40.1 Å². The van der Waals surface area contributed by atoms with E-state index in [0.717, 1.165) is 22.5 Å². The molecule has 1 heterocycles. The van der Waals surface area contributed by atoms with Crippen LogP contribution in [0.3, 0.4) is 0 Å². The summed E-state index contributed by atoms with van der Waals surface area (Å²) < 4.78 is 39.4. The van der Waals surface area contributed by atoms with E-state index in [1.807, 2.05) is 25.1 Å². The van der Waals surface area contributed by atoms with Crippen LogP contribution >= 0.6 is 0 Å². The molecule has 3 aromatic rings. The average Bonchev–Trinajstić information content (AvgIpc) is 3.00. The number of fused-ring (bicyclic) bond motifs is 1. The smallest absolute Gasteiger partial charge is 0.350 e. The molecule has 6 heteroatoms. The van der Waals surface area contributed by atoms with Crippen LogP contribution in [0, 0.1) is 6.92 Å². The highest BCUT2D eigenvalue weighted by Crippen LogP contribution is 2.34. The van der Waals surface area contributed by atoms with Crippen LogP contribution in [-0.2, 0) is 6.18 Å². The number of hydrogen-bond acceptors (Lipinski definition) is 1. The van der Waals surface area contributed by atoms with E-state index in [1.165, 1.54) is 25.1 Å². The molecule has 0 radical (unpaired) electrons. The van der Waals surface area contributed by atoms with Crippen LogP contribution in [-0.4, -0.2) is 10.9 Å². The lowest BCUT2D eigenvalue weighted by molar-refractivity contribution is -0.138. The number of alkyl halides is 3. The maximum absolute atomic E-state index is 13.1.